The number of likely N-dealkylation sites (N-methyl/N-ethyl adjacent to an activating group) is 1. The van der Waals surface area contributed by atoms with E-state index < -0.39 is 11.8 Å². The molecule has 1 N–H and O–H groups in total. The topological polar surface area (TPSA) is 65.8 Å². The molecule has 110 valence electrons. The van der Waals surface area contributed by atoms with Crippen molar-refractivity contribution in [3.63, 3.8) is 0 Å². The van der Waals surface area contributed by atoms with Crippen LogP contribution in [0.5, 0.6) is 0 Å². The molecule has 0 aliphatic carbocycles. The Labute approximate surface area is 118 Å². The smallest absolute Gasteiger partial charge is 0.312 e. The molecule has 0 atom stereocenters. The molecule has 1 aliphatic heterocycles. The highest BCUT2D eigenvalue weighted by molar-refractivity contribution is 6.35. The van der Waals surface area contributed by atoms with E-state index in [9.17, 15) is 9.59 Å². The van der Waals surface area contributed by atoms with E-state index >= 15 is 0 Å². The number of furan rings is 1. The van der Waals surface area contributed by atoms with Gasteiger partial charge in [-0.05, 0) is 25.1 Å². The first kappa shape index (κ1) is 14.6. The van der Waals surface area contributed by atoms with Gasteiger partial charge in [-0.1, -0.05) is 6.92 Å². The Morgan fingerprint density at radius 1 is 1.20 bits per heavy atom. The predicted molar refractivity (Wildman–Crippen MR) is 73.8 cm³/mol. The minimum atomic E-state index is -0.458. The fourth-order valence-corrected chi connectivity index (χ4v) is 2.10. The summed E-state index contributed by atoms with van der Waals surface area (Å²) in [5.41, 5.74) is 0. The van der Waals surface area contributed by atoms with Gasteiger partial charge in [-0.2, -0.15) is 0 Å². The summed E-state index contributed by atoms with van der Waals surface area (Å²) in [6, 6.07) is 3.76. The van der Waals surface area contributed by atoms with Gasteiger partial charge in [0.15, 0.2) is 0 Å². The number of nitrogens with one attached hydrogen (secondary N) is 1. The lowest BCUT2D eigenvalue weighted by atomic mass is 10.3. The number of hydrogen-bond donors (Lipinski definition) is 1. The number of rotatable bonds is 6. The summed E-state index contributed by atoms with van der Waals surface area (Å²) in [7, 11) is 1.64. The molecule has 1 aromatic heterocycles. The second-order valence-corrected chi connectivity index (χ2v) is 5.00. The fraction of sp³-hybridized carbons (Fsp3) is 0.571. The molecule has 2 rings (SSSR count). The summed E-state index contributed by atoms with van der Waals surface area (Å²) in [6.07, 6.45) is 1.07. The van der Waals surface area contributed by atoms with Gasteiger partial charge in [0.2, 0.25) is 0 Å². The maximum Gasteiger partial charge on any atom is 0.312 e. The maximum atomic E-state index is 11.8. The van der Waals surface area contributed by atoms with Gasteiger partial charge in [-0.25, -0.2) is 0 Å². The fourth-order valence-electron chi connectivity index (χ4n) is 2.10. The number of hydrogen-bond acceptors (Lipinski definition) is 4. The van der Waals surface area contributed by atoms with Crippen LogP contribution in [0.3, 0.4) is 0 Å². The van der Waals surface area contributed by atoms with E-state index in [0.29, 0.717) is 31.9 Å². The molecule has 0 spiro atoms. The first-order valence-corrected chi connectivity index (χ1v) is 6.94. The van der Waals surface area contributed by atoms with Crippen molar-refractivity contribution < 1.29 is 14.0 Å². The Morgan fingerprint density at radius 2 is 1.95 bits per heavy atom. The van der Waals surface area contributed by atoms with E-state index in [0.717, 1.165) is 18.7 Å². The number of nitrogens with zero attached hydrogens (tertiary/aromatic N) is 2. The van der Waals surface area contributed by atoms with Crippen molar-refractivity contribution in [2.24, 2.45) is 0 Å². The van der Waals surface area contributed by atoms with E-state index in [2.05, 4.69) is 12.2 Å². The minimum Gasteiger partial charge on any atom is -0.463 e. The van der Waals surface area contributed by atoms with Gasteiger partial charge in [0.25, 0.3) is 0 Å². The molecule has 6 heteroatoms. The molecule has 2 amide bonds. The van der Waals surface area contributed by atoms with Gasteiger partial charge in [0, 0.05) is 20.1 Å². The SMILES string of the molecule is CCCNCc1ccc(CN2CCN(C)C(=O)C2=O)o1. The molecule has 2 heterocycles. The first-order valence-electron chi connectivity index (χ1n) is 6.94. The van der Waals surface area contributed by atoms with Gasteiger partial charge in [0.05, 0.1) is 13.1 Å². The normalized spacial score (nSPS) is 16.1. The third-order valence-corrected chi connectivity index (χ3v) is 3.31. The van der Waals surface area contributed by atoms with Crippen molar-refractivity contribution in [1.82, 2.24) is 15.1 Å². The summed E-state index contributed by atoms with van der Waals surface area (Å²) in [4.78, 5) is 26.4. The largest absolute Gasteiger partial charge is 0.463 e. The second-order valence-electron chi connectivity index (χ2n) is 5.00. The van der Waals surface area contributed by atoms with Crippen LogP contribution in [-0.4, -0.2) is 48.3 Å². The molecule has 0 saturated carbocycles. The van der Waals surface area contributed by atoms with Gasteiger partial charge < -0.3 is 19.5 Å². The highest BCUT2D eigenvalue weighted by atomic mass is 16.3. The Balaban J connectivity index is 1.90. The first-order chi connectivity index (χ1) is 9.61. The van der Waals surface area contributed by atoms with Crippen LogP contribution in [0, 0.1) is 0 Å². The van der Waals surface area contributed by atoms with Gasteiger partial charge in [-0.3, -0.25) is 9.59 Å². The van der Waals surface area contributed by atoms with Crippen LogP contribution in [0.1, 0.15) is 24.9 Å². The average Bonchev–Trinajstić information content (AvgIpc) is 2.88. The third-order valence-electron chi connectivity index (χ3n) is 3.31. The summed E-state index contributed by atoms with van der Waals surface area (Å²) < 4.78 is 5.66. The van der Waals surface area contributed by atoms with Crippen molar-refractivity contribution >= 4 is 11.8 Å². The molecule has 0 bridgehead atoms. The Kier molecular flexibility index (Phi) is 4.79. The zero-order chi connectivity index (χ0) is 14.5. The van der Waals surface area contributed by atoms with Crippen molar-refractivity contribution in [3.8, 4) is 0 Å². The lowest BCUT2D eigenvalue weighted by Crippen LogP contribution is -2.52. The van der Waals surface area contributed by atoms with Crippen LogP contribution in [-0.2, 0) is 22.7 Å². The average molecular weight is 279 g/mol. The van der Waals surface area contributed by atoms with E-state index in [4.69, 9.17) is 4.42 Å². The molecule has 0 radical (unpaired) electrons. The molecule has 0 aromatic carbocycles. The molecular weight excluding hydrogens is 258 g/mol. The molecule has 1 saturated heterocycles. The van der Waals surface area contributed by atoms with Gasteiger partial charge >= 0.3 is 11.8 Å². The van der Waals surface area contributed by atoms with Crippen LogP contribution in [0.2, 0.25) is 0 Å². The van der Waals surface area contributed by atoms with E-state index in [1.165, 1.54) is 9.80 Å². The zero-order valence-electron chi connectivity index (χ0n) is 12.0. The van der Waals surface area contributed by atoms with Crippen molar-refractivity contribution in [2.75, 3.05) is 26.7 Å². The van der Waals surface area contributed by atoms with Crippen molar-refractivity contribution in [2.45, 2.75) is 26.4 Å². The minimum absolute atomic E-state index is 0.353. The van der Waals surface area contributed by atoms with Crippen LogP contribution < -0.4 is 5.32 Å². The van der Waals surface area contributed by atoms with E-state index in [1.807, 2.05) is 12.1 Å². The third kappa shape index (κ3) is 3.39. The zero-order valence-corrected chi connectivity index (χ0v) is 12.0. The predicted octanol–water partition coefficient (Wildman–Crippen LogP) is 0.580. The molecular formula is C14H21N3O3. The summed E-state index contributed by atoms with van der Waals surface area (Å²) in [5, 5.41) is 3.25. The number of amides is 2. The highest BCUT2D eigenvalue weighted by Gasteiger charge is 2.30. The second kappa shape index (κ2) is 6.56. The monoisotopic (exact) mass is 279 g/mol. The van der Waals surface area contributed by atoms with Gasteiger partial charge in [0.1, 0.15) is 11.5 Å². The summed E-state index contributed by atoms with van der Waals surface area (Å²) in [6.45, 7) is 5.20. The Hall–Kier alpha value is -1.82. The Bertz CT molecular complexity index is 484. The molecule has 1 aliphatic rings. The number of carbonyl (C=O) groups is 2. The number of piperazine rings is 1. The number of carbonyl (C=O) groups excluding carboxylic acids is 2. The molecule has 0 unspecified atom stereocenters. The van der Waals surface area contributed by atoms with Crippen LogP contribution in [0.25, 0.3) is 0 Å². The molecule has 20 heavy (non-hydrogen) atoms. The molecule has 1 aromatic rings. The quantitative estimate of drug-likeness (QED) is 0.611. The van der Waals surface area contributed by atoms with Crippen LogP contribution in [0.4, 0.5) is 0 Å². The lowest BCUT2D eigenvalue weighted by Gasteiger charge is -2.30. The lowest BCUT2D eigenvalue weighted by molar-refractivity contribution is -0.155. The maximum absolute atomic E-state index is 11.8. The standard InChI is InChI=1S/C14H21N3O3/c1-3-6-15-9-11-4-5-12(20-11)10-17-8-7-16(2)13(18)14(17)19/h4-5,15H,3,6-10H2,1-2H3. The van der Waals surface area contributed by atoms with Crippen LogP contribution in [0.15, 0.2) is 16.5 Å². The van der Waals surface area contributed by atoms with Crippen molar-refractivity contribution in [1.29, 1.82) is 0 Å². The summed E-state index contributed by atoms with van der Waals surface area (Å²) >= 11 is 0. The summed E-state index contributed by atoms with van der Waals surface area (Å²) in [5.74, 6) is 0.652. The van der Waals surface area contributed by atoms with Crippen LogP contribution >= 0.6 is 0 Å². The molecule has 1 fully saturated rings. The molecule has 6 nitrogen and oxygen atoms in total. The Morgan fingerprint density at radius 3 is 2.70 bits per heavy atom. The van der Waals surface area contributed by atoms with E-state index in [1.54, 1.807) is 7.05 Å². The van der Waals surface area contributed by atoms with Crippen molar-refractivity contribution in [3.05, 3.63) is 23.7 Å². The van der Waals surface area contributed by atoms with E-state index in [-0.39, 0.29) is 0 Å². The highest BCUT2D eigenvalue weighted by Crippen LogP contribution is 2.13. The van der Waals surface area contributed by atoms with Gasteiger partial charge in [-0.15, -0.1) is 0 Å².